The Hall–Kier alpha value is -0.880. The van der Waals surface area contributed by atoms with E-state index in [1.165, 1.54) is 6.26 Å². The van der Waals surface area contributed by atoms with Crippen LogP contribution in [0.3, 0.4) is 0 Å². The second-order valence-electron chi connectivity index (χ2n) is 4.19. The lowest BCUT2D eigenvalue weighted by molar-refractivity contribution is 0.602. The minimum absolute atomic E-state index is 0.202. The maximum absolute atomic E-state index is 11.5. The molecule has 1 fully saturated rings. The van der Waals surface area contributed by atoms with E-state index in [-0.39, 0.29) is 4.90 Å². The topological polar surface area (TPSA) is 72.2 Å². The first-order valence-electron chi connectivity index (χ1n) is 5.41. The molecule has 6 heteroatoms. The largest absolute Gasteiger partial charge is 0.396 e. The number of anilines is 2. The number of rotatable bonds is 3. The Balaban J connectivity index is 2.29. The highest BCUT2D eigenvalue weighted by molar-refractivity contribution is 7.99. The summed E-state index contributed by atoms with van der Waals surface area (Å²) in [6.07, 6.45) is 2.26. The van der Waals surface area contributed by atoms with Gasteiger partial charge in [-0.05, 0) is 24.3 Å². The molecule has 1 saturated heterocycles. The first kappa shape index (κ1) is 12.6. The first-order valence-corrected chi connectivity index (χ1v) is 8.46. The van der Waals surface area contributed by atoms with Crippen LogP contribution in [0.4, 0.5) is 11.4 Å². The highest BCUT2D eigenvalue weighted by Gasteiger charge is 2.18. The first-order chi connectivity index (χ1) is 7.98. The maximum Gasteiger partial charge on any atom is 0.177 e. The van der Waals surface area contributed by atoms with Crippen molar-refractivity contribution in [2.45, 2.75) is 17.4 Å². The Morgan fingerprint density at radius 1 is 1.47 bits per heavy atom. The summed E-state index contributed by atoms with van der Waals surface area (Å²) in [6.45, 7) is 0. The Morgan fingerprint density at radius 2 is 2.24 bits per heavy atom. The smallest absolute Gasteiger partial charge is 0.177 e. The Labute approximate surface area is 106 Å². The van der Waals surface area contributed by atoms with Crippen molar-refractivity contribution in [2.75, 3.05) is 28.8 Å². The van der Waals surface area contributed by atoms with E-state index in [1.54, 1.807) is 12.1 Å². The van der Waals surface area contributed by atoms with E-state index in [1.807, 2.05) is 17.8 Å². The molecule has 1 aromatic rings. The van der Waals surface area contributed by atoms with Gasteiger partial charge in [-0.1, -0.05) is 6.07 Å². The molecule has 94 valence electrons. The van der Waals surface area contributed by atoms with Gasteiger partial charge in [-0.3, -0.25) is 0 Å². The standard InChI is InChI=1S/C11H16N2O2S2/c1-17(14,15)10-4-2-3-9(11(10)12)13-8-5-6-16-7-8/h2-4,8,13H,5-7,12H2,1H3. The molecular weight excluding hydrogens is 256 g/mol. The number of nitrogens with two attached hydrogens (primary N) is 1. The molecule has 0 aromatic heterocycles. The summed E-state index contributed by atoms with van der Waals surface area (Å²) < 4.78 is 23.1. The van der Waals surface area contributed by atoms with Crippen LogP contribution in [0.5, 0.6) is 0 Å². The molecule has 0 saturated carbocycles. The van der Waals surface area contributed by atoms with E-state index in [2.05, 4.69) is 5.32 Å². The van der Waals surface area contributed by atoms with Crippen molar-refractivity contribution in [3.05, 3.63) is 18.2 Å². The molecule has 1 aliphatic rings. The molecule has 4 nitrogen and oxygen atoms in total. The van der Waals surface area contributed by atoms with Gasteiger partial charge in [0.15, 0.2) is 9.84 Å². The van der Waals surface area contributed by atoms with Gasteiger partial charge in [0, 0.05) is 18.1 Å². The molecule has 1 atom stereocenters. The Kier molecular flexibility index (Phi) is 3.53. The lowest BCUT2D eigenvalue weighted by Crippen LogP contribution is -2.19. The molecule has 2 rings (SSSR count). The van der Waals surface area contributed by atoms with E-state index >= 15 is 0 Å². The average Bonchev–Trinajstić information content (AvgIpc) is 2.72. The van der Waals surface area contributed by atoms with Crippen LogP contribution in [-0.2, 0) is 9.84 Å². The molecule has 17 heavy (non-hydrogen) atoms. The SMILES string of the molecule is CS(=O)(=O)c1cccc(NC2CCSC2)c1N. The molecule has 1 aromatic carbocycles. The van der Waals surface area contributed by atoms with Crippen molar-refractivity contribution in [1.29, 1.82) is 0 Å². The minimum atomic E-state index is -3.26. The monoisotopic (exact) mass is 272 g/mol. The number of nitrogen functional groups attached to an aromatic ring is 1. The summed E-state index contributed by atoms with van der Waals surface area (Å²) in [5, 5.41) is 3.31. The zero-order chi connectivity index (χ0) is 12.5. The van der Waals surface area contributed by atoms with Gasteiger partial charge in [0.05, 0.1) is 16.3 Å². The molecule has 0 radical (unpaired) electrons. The third-order valence-corrected chi connectivity index (χ3v) is 5.07. The van der Waals surface area contributed by atoms with E-state index in [0.29, 0.717) is 11.7 Å². The van der Waals surface area contributed by atoms with Crippen LogP contribution >= 0.6 is 11.8 Å². The molecule has 0 spiro atoms. The number of hydrogen-bond donors (Lipinski definition) is 2. The van der Waals surface area contributed by atoms with Crippen molar-refractivity contribution in [2.24, 2.45) is 0 Å². The van der Waals surface area contributed by atoms with E-state index in [0.717, 1.165) is 23.6 Å². The van der Waals surface area contributed by atoms with Crippen molar-refractivity contribution >= 4 is 33.0 Å². The molecule has 1 aliphatic heterocycles. The number of sulfone groups is 1. The average molecular weight is 272 g/mol. The number of hydrogen-bond acceptors (Lipinski definition) is 5. The zero-order valence-corrected chi connectivity index (χ0v) is 11.3. The van der Waals surface area contributed by atoms with Gasteiger partial charge in [-0.15, -0.1) is 0 Å². The van der Waals surface area contributed by atoms with Crippen molar-refractivity contribution in [1.82, 2.24) is 0 Å². The van der Waals surface area contributed by atoms with Crippen LogP contribution in [0.15, 0.2) is 23.1 Å². The number of benzene rings is 1. The molecule has 0 amide bonds. The van der Waals surface area contributed by atoms with Gasteiger partial charge in [-0.25, -0.2) is 8.42 Å². The summed E-state index contributed by atoms with van der Waals surface area (Å²) in [5.41, 5.74) is 6.95. The highest BCUT2D eigenvalue weighted by Crippen LogP contribution is 2.29. The molecule has 0 bridgehead atoms. The van der Waals surface area contributed by atoms with E-state index in [9.17, 15) is 8.42 Å². The van der Waals surface area contributed by atoms with Crippen molar-refractivity contribution < 1.29 is 8.42 Å². The van der Waals surface area contributed by atoms with Crippen LogP contribution in [0, 0.1) is 0 Å². The number of para-hydroxylation sites is 1. The molecule has 0 aliphatic carbocycles. The summed E-state index contributed by atoms with van der Waals surface area (Å²) in [7, 11) is -3.26. The van der Waals surface area contributed by atoms with E-state index < -0.39 is 9.84 Å². The van der Waals surface area contributed by atoms with Gasteiger partial charge in [0.1, 0.15) is 0 Å². The van der Waals surface area contributed by atoms with Gasteiger partial charge in [-0.2, -0.15) is 11.8 Å². The molecule has 1 heterocycles. The number of nitrogens with one attached hydrogen (secondary N) is 1. The summed E-state index contributed by atoms with van der Waals surface area (Å²) >= 11 is 1.90. The predicted molar refractivity (Wildman–Crippen MR) is 73.3 cm³/mol. The van der Waals surface area contributed by atoms with Crippen LogP contribution in [0.1, 0.15) is 6.42 Å². The van der Waals surface area contributed by atoms with Crippen molar-refractivity contribution in [3.63, 3.8) is 0 Å². The summed E-state index contributed by atoms with van der Waals surface area (Å²) in [6, 6.07) is 5.47. The van der Waals surface area contributed by atoms with Gasteiger partial charge in [0.2, 0.25) is 0 Å². The summed E-state index contributed by atoms with van der Waals surface area (Å²) in [5.74, 6) is 2.19. The van der Waals surface area contributed by atoms with Crippen molar-refractivity contribution in [3.8, 4) is 0 Å². The fraction of sp³-hybridized carbons (Fsp3) is 0.455. The lowest BCUT2D eigenvalue weighted by atomic mass is 10.2. The molecule has 1 unspecified atom stereocenters. The third kappa shape index (κ3) is 2.87. The Bertz CT molecular complexity index is 508. The zero-order valence-electron chi connectivity index (χ0n) is 9.64. The molecule has 3 N–H and O–H groups in total. The second kappa shape index (κ2) is 4.78. The maximum atomic E-state index is 11.5. The van der Waals surface area contributed by atoms with Crippen LogP contribution in [0.2, 0.25) is 0 Å². The van der Waals surface area contributed by atoms with Gasteiger partial charge in [0.25, 0.3) is 0 Å². The predicted octanol–water partition coefficient (Wildman–Crippen LogP) is 1.59. The Morgan fingerprint density at radius 3 is 2.82 bits per heavy atom. The second-order valence-corrected chi connectivity index (χ2v) is 7.33. The van der Waals surface area contributed by atoms with Crippen LogP contribution < -0.4 is 11.1 Å². The van der Waals surface area contributed by atoms with Crippen LogP contribution in [0.25, 0.3) is 0 Å². The quantitative estimate of drug-likeness (QED) is 0.818. The van der Waals surface area contributed by atoms with E-state index in [4.69, 9.17) is 5.73 Å². The summed E-state index contributed by atoms with van der Waals surface area (Å²) in [4.78, 5) is 0.202. The fourth-order valence-corrected chi connectivity index (χ4v) is 3.85. The normalized spacial score (nSPS) is 20.4. The lowest BCUT2D eigenvalue weighted by Gasteiger charge is -2.16. The molecular formula is C11H16N2O2S2. The van der Waals surface area contributed by atoms with Crippen LogP contribution in [-0.4, -0.2) is 32.2 Å². The minimum Gasteiger partial charge on any atom is -0.396 e. The number of thioether (sulfide) groups is 1. The van der Waals surface area contributed by atoms with Gasteiger partial charge >= 0.3 is 0 Å². The fourth-order valence-electron chi connectivity index (χ4n) is 1.86. The van der Waals surface area contributed by atoms with Gasteiger partial charge < -0.3 is 11.1 Å². The third-order valence-electron chi connectivity index (χ3n) is 2.75. The highest BCUT2D eigenvalue weighted by atomic mass is 32.2.